The van der Waals surface area contributed by atoms with Gasteiger partial charge in [-0.3, -0.25) is 4.79 Å². The summed E-state index contributed by atoms with van der Waals surface area (Å²) in [6, 6.07) is 15.0. The smallest absolute Gasteiger partial charge is 0.261 e. The largest absolute Gasteiger partial charge is 0.493 e. The highest BCUT2D eigenvalue weighted by molar-refractivity contribution is 5.81. The molecule has 0 fully saturated rings. The first kappa shape index (κ1) is 19.4. The molecule has 0 aliphatic rings. The van der Waals surface area contributed by atoms with Gasteiger partial charge in [0.1, 0.15) is 0 Å². The van der Waals surface area contributed by atoms with E-state index in [2.05, 4.69) is 15.5 Å². The Balaban J connectivity index is 1.60. The van der Waals surface area contributed by atoms with Gasteiger partial charge >= 0.3 is 0 Å². The van der Waals surface area contributed by atoms with Crippen LogP contribution in [-0.2, 0) is 11.3 Å². The Hall–Kier alpha value is -3.35. The summed E-state index contributed by atoms with van der Waals surface area (Å²) in [5, 5.41) is 6.74. The number of nitrogens with one attached hydrogen (secondary N) is 1. The van der Waals surface area contributed by atoms with Crippen LogP contribution in [0.4, 0.5) is 0 Å². The number of amides is 1. The monoisotopic (exact) mass is 381 g/mol. The number of para-hydroxylation sites is 2. The highest BCUT2D eigenvalue weighted by Crippen LogP contribution is 2.27. The van der Waals surface area contributed by atoms with E-state index in [0.717, 1.165) is 11.1 Å². The van der Waals surface area contributed by atoms with Crippen molar-refractivity contribution in [2.45, 2.75) is 32.9 Å². The minimum Gasteiger partial charge on any atom is -0.493 e. The molecule has 0 unspecified atom stereocenters. The molecular formula is C21H23N3O4. The van der Waals surface area contributed by atoms with Crippen molar-refractivity contribution >= 4 is 5.91 Å². The zero-order valence-electron chi connectivity index (χ0n) is 16.1. The first-order valence-corrected chi connectivity index (χ1v) is 9.07. The normalized spacial score (nSPS) is 11.7. The number of ether oxygens (including phenoxy) is 2. The maximum Gasteiger partial charge on any atom is 0.261 e. The van der Waals surface area contributed by atoms with Crippen molar-refractivity contribution < 1.29 is 18.8 Å². The topological polar surface area (TPSA) is 86.5 Å². The average molecular weight is 381 g/mol. The van der Waals surface area contributed by atoms with Crippen LogP contribution in [0.3, 0.4) is 0 Å². The summed E-state index contributed by atoms with van der Waals surface area (Å²) in [5.74, 6) is 1.65. The number of nitrogens with zero attached hydrogens (tertiary/aromatic N) is 2. The van der Waals surface area contributed by atoms with Crippen molar-refractivity contribution in [3.8, 4) is 22.9 Å². The lowest BCUT2D eigenvalue weighted by atomic mass is 10.1. The molecule has 7 nitrogen and oxygen atoms in total. The molecular weight excluding hydrogens is 358 g/mol. The summed E-state index contributed by atoms with van der Waals surface area (Å²) in [4.78, 5) is 16.8. The Labute approximate surface area is 163 Å². The summed E-state index contributed by atoms with van der Waals surface area (Å²) in [5.41, 5.74) is 2.01. The summed E-state index contributed by atoms with van der Waals surface area (Å²) in [7, 11) is 1.56. The molecule has 0 aliphatic heterocycles. The molecule has 0 aliphatic carbocycles. The van der Waals surface area contributed by atoms with Crippen molar-refractivity contribution in [2.75, 3.05) is 7.11 Å². The summed E-state index contributed by atoms with van der Waals surface area (Å²) < 4.78 is 16.3. The second kappa shape index (κ2) is 9.03. The van der Waals surface area contributed by atoms with Crippen molar-refractivity contribution in [3.05, 3.63) is 60.0 Å². The van der Waals surface area contributed by atoms with E-state index in [1.165, 1.54) is 0 Å². The summed E-state index contributed by atoms with van der Waals surface area (Å²) in [6.07, 6.45) is -0.154. The van der Waals surface area contributed by atoms with Crippen molar-refractivity contribution in [3.63, 3.8) is 0 Å². The second-order valence-corrected chi connectivity index (χ2v) is 6.26. The molecule has 3 aromatic rings. The third kappa shape index (κ3) is 4.68. The van der Waals surface area contributed by atoms with Crippen molar-refractivity contribution in [1.82, 2.24) is 15.5 Å². The molecule has 0 saturated heterocycles. The third-order valence-electron chi connectivity index (χ3n) is 4.19. The lowest BCUT2D eigenvalue weighted by Crippen LogP contribution is -2.37. The Morgan fingerprint density at radius 2 is 1.86 bits per heavy atom. The van der Waals surface area contributed by atoms with Gasteiger partial charge in [-0.15, -0.1) is 0 Å². The van der Waals surface area contributed by atoms with Gasteiger partial charge in [-0.1, -0.05) is 54.0 Å². The van der Waals surface area contributed by atoms with E-state index in [-0.39, 0.29) is 12.5 Å². The molecule has 1 heterocycles. The van der Waals surface area contributed by atoms with Crippen molar-refractivity contribution in [1.29, 1.82) is 0 Å². The highest BCUT2D eigenvalue weighted by atomic mass is 16.5. The van der Waals surface area contributed by atoms with E-state index in [9.17, 15) is 4.79 Å². The molecule has 1 N–H and O–H groups in total. The fourth-order valence-electron chi connectivity index (χ4n) is 2.61. The van der Waals surface area contributed by atoms with E-state index in [1.54, 1.807) is 19.2 Å². The standard InChI is InChI=1S/C21H23N3O4/c1-4-16(27-18-8-6-5-7-17(18)26-3)21(25)22-13-19-23-20(24-28-19)15-11-9-14(2)10-12-15/h5-12,16H,4,13H2,1-3H3,(H,22,25)/t16-/m1/s1. The number of hydrogen-bond donors (Lipinski definition) is 1. The van der Waals surface area contributed by atoms with Gasteiger partial charge in [-0.05, 0) is 25.5 Å². The van der Waals surface area contributed by atoms with E-state index in [0.29, 0.717) is 29.6 Å². The molecule has 1 aromatic heterocycles. The number of hydrogen-bond acceptors (Lipinski definition) is 6. The van der Waals surface area contributed by atoms with Gasteiger partial charge in [0, 0.05) is 5.56 Å². The second-order valence-electron chi connectivity index (χ2n) is 6.26. The van der Waals surface area contributed by atoms with E-state index in [1.807, 2.05) is 50.2 Å². The minimum atomic E-state index is -0.657. The van der Waals surface area contributed by atoms with Crippen molar-refractivity contribution in [2.24, 2.45) is 0 Å². The molecule has 28 heavy (non-hydrogen) atoms. The molecule has 0 radical (unpaired) electrons. The van der Waals surface area contributed by atoms with Gasteiger partial charge in [0.2, 0.25) is 11.7 Å². The van der Waals surface area contributed by atoms with Gasteiger partial charge in [0.05, 0.1) is 13.7 Å². The number of carbonyl (C=O) groups is 1. The number of aryl methyl sites for hydroxylation is 1. The molecule has 2 aromatic carbocycles. The van der Waals surface area contributed by atoms with Crippen LogP contribution in [0, 0.1) is 6.92 Å². The highest BCUT2D eigenvalue weighted by Gasteiger charge is 2.20. The maximum absolute atomic E-state index is 12.5. The molecule has 1 amide bonds. The Morgan fingerprint density at radius 1 is 1.14 bits per heavy atom. The van der Waals surface area contributed by atoms with Crippen LogP contribution >= 0.6 is 0 Å². The lowest BCUT2D eigenvalue weighted by Gasteiger charge is -2.18. The SMILES string of the molecule is CC[C@@H](Oc1ccccc1OC)C(=O)NCc1nc(-c2ccc(C)cc2)no1. The minimum absolute atomic E-state index is 0.128. The molecule has 146 valence electrons. The number of aromatic nitrogens is 2. The fourth-order valence-corrected chi connectivity index (χ4v) is 2.61. The van der Waals surface area contributed by atoms with Crippen LogP contribution < -0.4 is 14.8 Å². The van der Waals surface area contributed by atoms with E-state index in [4.69, 9.17) is 14.0 Å². The van der Waals surface area contributed by atoms with Gasteiger partial charge in [0.25, 0.3) is 5.91 Å². The van der Waals surface area contributed by atoms with Gasteiger partial charge in [0.15, 0.2) is 17.6 Å². The summed E-state index contributed by atoms with van der Waals surface area (Å²) >= 11 is 0. The fraction of sp³-hybridized carbons (Fsp3) is 0.286. The van der Waals surface area contributed by atoms with Crippen LogP contribution in [0.15, 0.2) is 53.1 Å². The van der Waals surface area contributed by atoms with Gasteiger partial charge in [-0.2, -0.15) is 4.98 Å². The predicted molar refractivity (Wildman–Crippen MR) is 104 cm³/mol. The molecule has 0 saturated carbocycles. The third-order valence-corrected chi connectivity index (χ3v) is 4.19. The zero-order chi connectivity index (χ0) is 19.9. The van der Waals surface area contributed by atoms with Crippen LogP contribution in [-0.4, -0.2) is 29.3 Å². The maximum atomic E-state index is 12.5. The number of rotatable bonds is 8. The van der Waals surface area contributed by atoms with Crippen LogP contribution in [0.1, 0.15) is 24.8 Å². The quantitative estimate of drug-likeness (QED) is 0.642. The molecule has 0 spiro atoms. The zero-order valence-corrected chi connectivity index (χ0v) is 16.1. The Bertz CT molecular complexity index is 921. The number of carbonyl (C=O) groups excluding carboxylic acids is 1. The van der Waals surface area contributed by atoms with E-state index >= 15 is 0 Å². The summed E-state index contributed by atoms with van der Waals surface area (Å²) in [6.45, 7) is 4.02. The van der Waals surface area contributed by atoms with Gasteiger partial charge < -0.3 is 19.3 Å². The molecule has 3 rings (SSSR count). The number of benzene rings is 2. The van der Waals surface area contributed by atoms with E-state index < -0.39 is 6.10 Å². The first-order chi connectivity index (χ1) is 13.6. The number of methoxy groups -OCH3 is 1. The van der Waals surface area contributed by atoms with Crippen LogP contribution in [0.2, 0.25) is 0 Å². The lowest BCUT2D eigenvalue weighted by molar-refractivity contribution is -0.128. The Kier molecular flexibility index (Phi) is 6.26. The molecule has 7 heteroatoms. The molecule has 1 atom stereocenters. The molecule has 0 bridgehead atoms. The van der Waals surface area contributed by atoms with Crippen LogP contribution in [0.5, 0.6) is 11.5 Å². The van der Waals surface area contributed by atoms with Crippen LogP contribution in [0.25, 0.3) is 11.4 Å². The van der Waals surface area contributed by atoms with Gasteiger partial charge in [-0.25, -0.2) is 0 Å². The first-order valence-electron chi connectivity index (χ1n) is 9.07. The Morgan fingerprint density at radius 3 is 2.54 bits per heavy atom. The average Bonchev–Trinajstić information content (AvgIpc) is 3.20. The predicted octanol–water partition coefficient (Wildman–Crippen LogP) is 3.53.